The van der Waals surface area contributed by atoms with E-state index in [1.807, 2.05) is 66.9 Å². The number of thioether (sulfide) groups is 1. The van der Waals surface area contributed by atoms with Crippen LogP contribution in [-0.4, -0.2) is 21.2 Å². The van der Waals surface area contributed by atoms with Gasteiger partial charge in [-0.15, -0.1) is 6.58 Å². The van der Waals surface area contributed by atoms with Crippen LogP contribution < -0.4 is 5.32 Å². The molecule has 3 rings (SSSR count). The van der Waals surface area contributed by atoms with Crippen molar-refractivity contribution in [2.45, 2.75) is 11.7 Å². The maximum atomic E-state index is 12.2. The Morgan fingerprint density at radius 1 is 1.19 bits per heavy atom. The van der Waals surface area contributed by atoms with Crippen LogP contribution >= 0.6 is 27.7 Å². The molecular formula is C20H18BrN3OS. The Balaban J connectivity index is 1.72. The molecule has 0 unspecified atom stereocenters. The number of halogens is 1. The minimum absolute atomic E-state index is 0.0560. The van der Waals surface area contributed by atoms with E-state index in [0.29, 0.717) is 12.3 Å². The van der Waals surface area contributed by atoms with Gasteiger partial charge in [-0.25, -0.2) is 4.98 Å². The topological polar surface area (TPSA) is 46.9 Å². The lowest BCUT2D eigenvalue weighted by molar-refractivity contribution is -0.113. The largest absolute Gasteiger partial charge is 0.325 e. The summed E-state index contributed by atoms with van der Waals surface area (Å²) >= 11 is 4.87. The number of carbonyl (C=O) groups excluding carboxylic acids is 1. The van der Waals surface area contributed by atoms with Gasteiger partial charge in [0.25, 0.3) is 0 Å². The van der Waals surface area contributed by atoms with Crippen molar-refractivity contribution >= 4 is 39.3 Å². The van der Waals surface area contributed by atoms with Gasteiger partial charge in [-0.2, -0.15) is 0 Å². The predicted octanol–water partition coefficient (Wildman–Crippen LogP) is 5.23. The lowest BCUT2D eigenvalue weighted by Crippen LogP contribution is -2.14. The molecule has 6 heteroatoms. The van der Waals surface area contributed by atoms with E-state index in [9.17, 15) is 4.79 Å². The molecule has 0 saturated heterocycles. The van der Waals surface area contributed by atoms with E-state index in [4.69, 9.17) is 0 Å². The summed E-state index contributed by atoms with van der Waals surface area (Å²) in [5.74, 6) is 0.238. The Bertz CT molecular complexity index is 891. The van der Waals surface area contributed by atoms with E-state index in [1.54, 1.807) is 0 Å². The molecule has 1 aromatic heterocycles. The van der Waals surface area contributed by atoms with Crippen LogP contribution in [-0.2, 0) is 11.3 Å². The third kappa shape index (κ3) is 4.65. The monoisotopic (exact) mass is 427 g/mol. The molecule has 1 N–H and O–H groups in total. The SMILES string of the molecule is C=CCn1c(-c2ccc(Br)cc2)cnc1SCC(=O)Nc1ccccc1. The second kappa shape index (κ2) is 8.87. The highest BCUT2D eigenvalue weighted by molar-refractivity contribution is 9.10. The minimum Gasteiger partial charge on any atom is -0.325 e. The molecule has 2 aromatic carbocycles. The van der Waals surface area contributed by atoms with E-state index in [-0.39, 0.29) is 5.91 Å². The number of para-hydroxylation sites is 1. The fraction of sp³-hybridized carbons (Fsp3) is 0.100. The molecule has 1 heterocycles. The minimum atomic E-state index is -0.0560. The zero-order valence-electron chi connectivity index (χ0n) is 14.1. The third-order valence-corrected chi connectivity index (χ3v) is 5.18. The Kier molecular flexibility index (Phi) is 6.30. The first-order valence-corrected chi connectivity index (χ1v) is 9.85. The van der Waals surface area contributed by atoms with Crippen molar-refractivity contribution in [1.29, 1.82) is 0 Å². The number of allylic oxidation sites excluding steroid dienone is 1. The number of aromatic nitrogens is 2. The van der Waals surface area contributed by atoms with Gasteiger partial charge in [-0.3, -0.25) is 4.79 Å². The van der Waals surface area contributed by atoms with Crippen LogP contribution in [0, 0.1) is 0 Å². The number of benzene rings is 2. The Morgan fingerprint density at radius 3 is 2.62 bits per heavy atom. The number of carbonyl (C=O) groups is 1. The summed E-state index contributed by atoms with van der Waals surface area (Å²) in [5.41, 5.74) is 2.87. The zero-order valence-corrected chi connectivity index (χ0v) is 16.5. The van der Waals surface area contributed by atoms with Crippen LogP contribution in [0.2, 0.25) is 0 Å². The van der Waals surface area contributed by atoms with Gasteiger partial charge in [-0.05, 0) is 29.8 Å². The molecule has 26 heavy (non-hydrogen) atoms. The Hall–Kier alpha value is -2.31. The van der Waals surface area contributed by atoms with Gasteiger partial charge in [0.2, 0.25) is 5.91 Å². The molecule has 0 radical (unpaired) electrons. The standard InChI is InChI=1S/C20H18BrN3OS/c1-2-12-24-18(15-8-10-16(21)11-9-15)13-22-20(24)26-14-19(25)23-17-6-4-3-5-7-17/h2-11,13H,1,12,14H2,(H,23,25). The summed E-state index contributed by atoms with van der Waals surface area (Å²) in [7, 11) is 0. The first-order valence-electron chi connectivity index (χ1n) is 8.07. The highest BCUT2D eigenvalue weighted by Crippen LogP contribution is 2.27. The van der Waals surface area contributed by atoms with Gasteiger partial charge in [0.15, 0.2) is 5.16 Å². The van der Waals surface area contributed by atoms with Crippen molar-refractivity contribution in [2.24, 2.45) is 0 Å². The lowest BCUT2D eigenvalue weighted by Gasteiger charge is -2.10. The molecule has 0 aliphatic rings. The van der Waals surface area contributed by atoms with Crippen LogP contribution in [0.25, 0.3) is 11.3 Å². The number of imidazole rings is 1. The zero-order chi connectivity index (χ0) is 18.4. The number of nitrogens with one attached hydrogen (secondary N) is 1. The average molecular weight is 428 g/mol. The van der Waals surface area contributed by atoms with E-state index < -0.39 is 0 Å². The first kappa shape index (κ1) is 18.5. The first-order chi connectivity index (χ1) is 12.7. The Labute approximate surface area is 165 Å². The molecular weight excluding hydrogens is 410 g/mol. The molecule has 132 valence electrons. The fourth-order valence-electron chi connectivity index (χ4n) is 2.48. The number of rotatable bonds is 7. The van der Waals surface area contributed by atoms with E-state index in [2.05, 4.69) is 37.4 Å². The van der Waals surface area contributed by atoms with E-state index in [0.717, 1.165) is 26.6 Å². The molecule has 0 saturated carbocycles. The summed E-state index contributed by atoms with van der Waals surface area (Å²) in [6.07, 6.45) is 3.67. The summed E-state index contributed by atoms with van der Waals surface area (Å²) in [5, 5.41) is 3.68. The second-order valence-corrected chi connectivity index (χ2v) is 7.39. The second-order valence-electron chi connectivity index (χ2n) is 5.54. The smallest absolute Gasteiger partial charge is 0.234 e. The summed E-state index contributed by atoms with van der Waals surface area (Å²) in [6, 6.07) is 17.5. The fourth-order valence-corrected chi connectivity index (χ4v) is 3.53. The van der Waals surface area contributed by atoms with E-state index in [1.165, 1.54) is 11.8 Å². The van der Waals surface area contributed by atoms with Crippen molar-refractivity contribution in [1.82, 2.24) is 9.55 Å². The molecule has 3 aromatic rings. The van der Waals surface area contributed by atoms with Gasteiger partial charge >= 0.3 is 0 Å². The van der Waals surface area contributed by atoms with Crippen molar-refractivity contribution in [3.8, 4) is 11.3 Å². The van der Waals surface area contributed by atoms with E-state index >= 15 is 0 Å². The number of amides is 1. The molecule has 0 spiro atoms. The van der Waals surface area contributed by atoms with Crippen LogP contribution in [0.15, 0.2) is 83.1 Å². The van der Waals surface area contributed by atoms with Crippen LogP contribution in [0.4, 0.5) is 5.69 Å². The molecule has 0 fully saturated rings. The molecule has 4 nitrogen and oxygen atoms in total. The van der Waals surface area contributed by atoms with Crippen LogP contribution in [0.5, 0.6) is 0 Å². The van der Waals surface area contributed by atoms with Crippen LogP contribution in [0.3, 0.4) is 0 Å². The van der Waals surface area contributed by atoms with Gasteiger partial charge in [-0.1, -0.05) is 64.1 Å². The van der Waals surface area contributed by atoms with Crippen molar-refractivity contribution in [3.63, 3.8) is 0 Å². The van der Waals surface area contributed by atoms with Crippen molar-refractivity contribution < 1.29 is 4.79 Å². The highest BCUT2D eigenvalue weighted by Gasteiger charge is 2.13. The molecule has 0 aliphatic carbocycles. The average Bonchev–Trinajstić information content (AvgIpc) is 3.05. The maximum Gasteiger partial charge on any atom is 0.234 e. The number of nitrogens with zero attached hydrogens (tertiary/aromatic N) is 2. The van der Waals surface area contributed by atoms with Gasteiger partial charge in [0.1, 0.15) is 0 Å². The molecule has 0 atom stereocenters. The number of anilines is 1. The maximum absolute atomic E-state index is 12.2. The lowest BCUT2D eigenvalue weighted by atomic mass is 10.2. The van der Waals surface area contributed by atoms with Gasteiger partial charge in [0.05, 0.1) is 17.6 Å². The normalized spacial score (nSPS) is 10.5. The van der Waals surface area contributed by atoms with Crippen LogP contribution in [0.1, 0.15) is 0 Å². The van der Waals surface area contributed by atoms with Crippen molar-refractivity contribution in [3.05, 3.63) is 77.9 Å². The third-order valence-electron chi connectivity index (χ3n) is 3.66. The van der Waals surface area contributed by atoms with Crippen molar-refractivity contribution in [2.75, 3.05) is 11.1 Å². The number of hydrogen-bond donors (Lipinski definition) is 1. The van der Waals surface area contributed by atoms with Gasteiger partial charge in [0, 0.05) is 16.7 Å². The molecule has 0 aliphatic heterocycles. The number of hydrogen-bond acceptors (Lipinski definition) is 3. The summed E-state index contributed by atoms with van der Waals surface area (Å²) < 4.78 is 3.10. The van der Waals surface area contributed by atoms with Gasteiger partial charge < -0.3 is 9.88 Å². The Morgan fingerprint density at radius 2 is 1.92 bits per heavy atom. The quantitative estimate of drug-likeness (QED) is 0.414. The summed E-state index contributed by atoms with van der Waals surface area (Å²) in [6.45, 7) is 4.46. The highest BCUT2D eigenvalue weighted by atomic mass is 79.9. The molecule has 0 bridgehead atoms. The molecule has 1 amide bonds. The predicted molar refractivity (Wildman–Crippen MR) is 111 cm³/mol. The summed E-state index contributed by atoms with van der Waals surface area (Å²) in [4.78, 5) is 16.7.